The van der Waals surface area contributed by atoms with Crippen LogP contribution in [-0.2, 0) is 20.9 Å². The molecule has 8 heteroatoms. The van der Waals surface area contributed by atoms with Gasteiger partial charge in [-0.15, -0.1) is 0 Å². The minimum atomic E-state index is -2.21. The molecule has 1 aromatic carbocycles. The van der Waals surface area contributed by atoms with E-state index in [0.717, 1.165) is 4.90 Å². The molecule has 8 nitrogen and oxygen atoms in total. The zero-order valence-corrected chi connectivity index (χ0v) is 17.3. The first-order chi connectivity index (χ1) is 13.1. The number of ether oxygens (including phenoxy) is 1. The second-order valence-corrected chi connectivity index (χ2v) is 6.45. The van der Waals surface area contributed by atoms with Gasteiger partial charge in [0.25, 0.3) is 11.8 Å². The first-order valence-electron chi connectivity index (χ1n) is 9.54. The minimum absolute atomic E-state index is 0.0852. The van der Waals surface area contributed by atoms with Crippen molar-refractivity contribution in [3.8, 4) is 5.75 Å². The van der Waals surface area contributed by atoms with Gasteiger partial charge in [-0.25, -0.2) is 0 Å². The van der Waals surface area contributed by atoms with Gasteiger partial charge in [0.15, 0.2) is 5.72 Å². The number of nitrogens with zero attached hydrogens (tertiary/aromatic N) is 1. The van der Waals surface area contributed by atoms with Gasteiger partial charge in [-0.2, -0.15) is 0 Å². The molecule has 1 fully saturated rings. The van der Waals surface area contributed by atoms with Gasteiger partial charge in [0, 0.05) is 17.5 Å². The molecule has 3 rings (SSSR count). The number of aliphatic hydroxyl groups is 1. The van der Waals surface area contributed by atoms with E-state index in [9.17, 15) is 24.6 Å². The van der Waals surface area contributed by atoms with Gasteiger partial charge in [-0.05, 0) is 26.0 Å². The van der Waals surface area contributed by atoms with E-state index >= 15 is 0 Å². The zero-order valence-electron chi connectivity index (χ0n) is 17.3. The van der Waals surface area contributed by atoms with Crippen LogP contribution >= 0.6 is 0 Å². The first kappa shape index (κ1) is 23.4. The van der Waals surface area contributed by atoms with Crippen molar-refractivity contribution in [3.05, 3.63) is 29.3 Å². The van der Waals surface area contributed by atoms with Crippen molar-refractivity contribution in [1.29, 1.82) is 0 Å². The molecule has 28 heavy (non-hydrogen) atoms. The summed E-state index contributed by atoms with van der Waals surface area (Å²) in [4.78, 5) is 37.9. The maximum Gasteiger partial charge on any atom is 0.308 e. The van der Waals surface area contributed by atoms with Crippen LogP contribution in [0.5, 0.6) is 5.75 Å². The van der Waals surface area contributed by atoms with E-state index in [-0.39, 0.29) is 30.7 Å². The molecule has 1 aromatic rings. The van der Waals surface area contributed by atoms with Gasteiger partial charge in [0.05, 0.1) is 13.0 Å². The second-order valence-electron chi connectivity index (χ2n) is 6.45. The number of carbonyl (C=O) groups is 3. The van der Waals surface area contributed by atoms with Crippen LogP contribution in [0.25, 0.3) is 0 Å². The van der Waals surface area contributed by atoms with Crippen molar-refractivity contribution in [2.75, 3.05) is 0 Å². The largest absolute Gasteiger partial charge is 0.508 e. The summed E-state index contributed by atoms with van der Waals surface area (Å²) in [6, 6.07) is 4.45. The van der Waals surface area contributed by atoms with Crippen molar-refractivity contribution in [1.82, 2.24) is 10.2 Å². The second kappa shape index (κ2) is 9.05. The van der Waals surface area contributed by atoms with Crippen molar-refractivity contribution in [2.45, 2.75) is 72.4 Å². The third-order valence-electron chi connectivity index (χ3n) is 4.21. The van der Waals surface area contributed by atoms with Crippen molar-refractivity contribution >= 4 is 17.8 Å². The highest BCUT2D eigenvalue weighted by atomic mass is 16.6. The van der Waals surface area contributed by atoms with Gasteiger partial charge >= 0.3 is 5.97 Å². The number of rotatable bonds is 1. The molecule has 0 aliphatic carbocycles. The molecule has 0 saturated carbocycles. The Kier molecular flexibility index (Phi) is 7.58. The van der Waals surface area contributed by atoms with Crippen molar-refractivity contribution in [2.24, 2.45) is 0 Å². The van der Waals surface area contributed by atoms with Crippen LogP contribution in [0.2, 0.25) is 0 Å². The summed E-state index contributed by atoms with van der Waals surface area (Å²) < 4.78 is 5.09. The number of fused-ring (bicyclic) bond motifs is 1. The molecule has 2 amide bonds. The Hall–Kier alpha value is -2.61. The Morgan fingerprint density at radius 2 is 1.71 bits per heavy atom. The molecule has 0 spiro atoms. The molecule has 1 saturated heterocycles. The molecule has 0 radical (unpaired) electrons. The fourth-order valence-corrected chi connectivity index (χ4v) is 3.00. The number of hydrogen-bond donors (Lipinski definition) is 3. The third kappa shape index (κ3) is 4.44. The standard InChI is InChI=1S/C16H18N2O6.2C2H6/c1-15(2)17-14(22)16(23,7-6-12(20)24-15)18-8-10-9(13(18)21)4-3-5-11(10)19;2*1-2/h3-5,19,23H,6-8H2,1-2H3,(H,17,22);2*1-2H3. The lowest BCUT2D eigenvalue weighted by atomic mass is 10.0. The fraction of sp³-hybridized carbons (Fsp3) is 0.550. The summed E-state index contributed by atoms with van der Waals surface area (Å²) in [5.41, 5.74) is -2.95. The summed E-state index contributed by atoms with van der Waals surface area (Å²) in [6.45, 7) is 10.8. The lowest BCUT2D eigenvalue weighted by Gasteiger charge is -2.40. The number of phenolic OH excluding ortho intramolecular Hbond substituents is 1. The van der Waals surface area contributed by atoms with E-state index in [2.05, 4.69) is 5.32 Å². The predicted molar refractivity (Wildman–Crippen MR) is 103 cm³/mol. The van der Waals surface area contributed by atoms with Crippen LogP contribution in [0.3, 0.4) is 0 Å². The molecule has 3 N–H and O–H groups in total. The summed E-state index contributed by atoms with van der Waals surface area (Å²) in [7, 11) is 0. The van der Waals surface area contributed by atoms with Crippen LogP contribution in [0, 0.1) is 0 Å². The topological polar surface area (TPSA) is 116 Å². The van der Waals surface area contributed by atoms with Crippen molar-refractivity contribution in [3.63, 3.8) is 0 Å². The highest BCUT2D eigenvalue weighted by Crippen LogP contribution is 2.36. The highest BCUT2D eigenvalue weighted by molar-refractivity contribution is 6.02. The van der Waals surface area contributed by atoms with Crippen LogP contribution in [0.15, 0.2) is 18.2 Å². The molecule has 1 unspecified atom stereocenters. The summed E-state index contributed by atoms with van der Waals surface area (Å²) in [6.07, 6.45) is -0.520. The van der Waals surface area contributed by atoms with E-state index in [1.165, 1.54) is 32.0 Å². The van der Waals surface area contributed by atoms with Gasteiger partial charge in [-0.1, -0.05) is 33.8 Å². The molecule has 2 aliphatic heterocycles. The lowest BCUT2D eigenvalue weighted by Crippen LogP contribution is -2.64. The van der Waals surface area contributed by atoms with E-state index in [0.29, 0.717) is 5.56 Å². The number of hydrogen-bond acceptors (Lipinski definition) is 6. The Labute approximate surface area is 165 Å². The van der Waals surface area contributed by atoms with Gasteiger partial charge in [0.2, 0.25) is 5.72 Å². The van der Waals surface area contributed by atoms with E-state index in [1.54, 1.807) is 0 Å². The third-order valence-corrected chi connectivity index (χ3v) is 4.21. The normalized spacial score (nSPS) is 23.0. The van der Waals surface area contributed by atoms with Crippen LogP contribution in [0.1, 0.15) is 70.3 Å². The van der Waals surface area contributed by atoms with Crippen LogP contribution in [-0.4, -0.2) is 44.3 Å². The number of amides is 2. The molecule has 1 atom stereocenters. The Morgan fingerprint density at radius 3 is 2.29 bits per heavy atom. The molecule has 0 aromatic heterocycles. The monoisotopic (exact) mass is 394 g/mol. The number of benzene rings is 1. The molecular weight excluding hydrogens is 364 g/mol. The number of carbonyl (C=O) groups excluding carboxylic acids is 3. The Balaban J connectivity index is 0.000000921. The average molecular weight is 394 g/mol. The number of phenols is 1. The predicted octanol–water partition coefficient (Wildman–Crippen LogP) is 2.28. The quantitative estimate of drug-likeness (QED) is 0.629. The summed E-state index contributed by atoms with van der Waals surface area (Å²) in [5, 5.41) is 23.3. The smallest absolute Gasteiger partial charge is 0.308 e. The summed E-state index contributed by atoms with van der Waals surface area (Å²) >= 11 is 0. The van der Waals surface area contributed by atoms with E-state index in [1.807, 2.05) is 27.7 Å². The maximum absolute atomic E-state index is 12.6. The van der Waals surface area contributed by atoms with Gasteiger partial charge in [-0.3, -0.25) is 19.3 Å². The minimum Gasteiger partial charge on any atom is -0.508 e. The molecule has 0 bridgehead atoms. The zero-order chi connectivity index (χ0) is 21.7. The van der Waals surface area contributed by atoms with Gasteiger partial charge in [0.1, 0.15) is 5.75 Å². The highest BCUT2D eigenvalue weighted by Gasteiger charge is 2.51. The van der Waals surface area contributed by atoms with Crippen LogP contribution in [0.4, 0.5) is 0 Å². The van der Waals surface area contributed by atoms with E-state index < -0.39 is 29.2 Å². The fourth-order valence-electron chi connectivity index (χ4n) is 3.00. The van der Waals surface area contributed by atoms with Crippen LogP contribution < -0.4 is 5.32 Å². The van der Waals surface area contributed by atoms with E-state index in [4.69, 9.17) is 4.74 Å². The van der Waals surface area contributed by atoms with Crippen molar-refractivity contribution < 1.29 is 29.3 Å². The first-order valence-corrected chi connectivity index (χ1v) is 9.54. The SMILES string of the molecule is CC.CC.CC1(C)NC(=O)C(O)(N2Cc3c(O)cccc3C2=O)CCC(=O)O1. The Morgan fingerprint density at radius 1 is 1.11 bits per heavy atom. The molecule has 2 aliphatic rings. The molecule has 2 heterocycles. The number of aromatic hydroxyl groups is 1. The number of nitrogens with one attached hydrogen (secondary N) is 1. The number of cyclic esters (lactones) is 1. The maximum atomic E-state index is 12.6. The Bertz CT molecular complexity index is 746. The summed E-state index contributed by atoms with van der Waals surface area (Å²) in [5.74, 6) is -2.09. The average Bonchev–Trinajstić information content (AvgIpc) is 3.00. The molecular formula is C20H30N2O6. The van der Waals surface area contributed by atoms with Gasteiger partial charge < -0.3 is 20.3 Å². The lowest BCUT2D eigenvalue weighted by molar-refractivity contribution is -0.184. The molecule has 156 valence electrons. The number of esters is 1.